The van der Waals surface area contributed by atoms with Crippen LogP contribution in [0, 0.1) is 6.92 Å². The molecule has 8 heteroatoms. The summed E-state index contributed by atoms with van der Waals surface area (Å²) in [6.45, 7) is 2.44. The zero-order valence-corrected chi connectivity index (χ0v) is 12.5. The van der Waals surface area contributed by atoms with Gasteiger partial charge in [0.05, 0.1) is 24.6 Å². The van der Waals surface area contributed by atoms with E-state index in [2.05, 4.69) is 25.1 Å². The fourth-order valence-electron chi connectivity index (χ4n) is 2.35. The minimum Gasteiger partial charge on any atom is -0.330 e. The van der Waals surface area contributed by atoms with Gasteiger partial charge in [0, 0.05) is 28.5 Å². The van der Waals surface area contributed by atoms with Crippen molar-refractivity contribution in [2.45, 2.75) is 13.5 Å². The van der Waals surface area contributed by atoms with Gasteiger partial charge in [0.2, 0.25) is 0 Å². The lowest BCUT2D eigenvalue weighted by molar-refractivity contribution is 0.745. The third-order valence-electron chi connectivity index (χ3n) is 3.42. The molecular weight excluding hydrogens is 300 g/mol. The number of hydrogen-bond acceptors (Lipinski definition) is 5. The number of nitrogens with zero attached hydrogens (tertiary/aromatic N) is 4. The van der Waals surface area contributed by atoms with Crippen LogP contribution in [-0.4, -0.2) is 29.7 Å². The lowest BCUT2D eigenvalue weighted by Crippen LogP contribution is -2.12. The van der Waals surface area contributed by atoms with Crippen LogP contribution in [0.4, 0.5) is 0 Å². The van der Waals surface area contributed by atoms with Crippen molar-refractivity contribution in [2.75, 3.05) is 0 Å². The Bertz CT molecular complexity index is 994. The minimum absolute atomic E-state index is 0.113. The number of nitrogens with one attached hydrogen (secondary N) is 2. The molecule has 4 rings (SSSR count). The summed E-state index contributed by atoms with van der Waals surface area (Å²) in [5.74, 6) is 0.615. The Hall–Kier alpha value is -2.74. The Labute approximate surface area is 128 Å². The molecule has 4 heterocycles. The molecule has 4 aromatic heterocycles. The van der Waals surface area contributed by atoms with E-state index in [0.29, 0.717) is 22.6 Å². The van der Waals surface area contributed by atoms with Crippen molar-refractivity contribution in [3.63, 3.8) is 0 Å². The van der Waals surface area contributed by atoms with Gasteiger partial charge in [0.25, 0.3) is 5.56 Å². The first-order chi connectivity index (χ1) is 10.7. The quantitative estimate of drug-likeness (QED) is 0.604. The SMILES string of the molecule is Cc1[nH]ncc1-c1cc2nc(Cn3ccnc3)[nH]c(=O)c2s1. The third kappa shape index (κ3) is 2.13. The maximum absolute atomic E-state index is 12.3. The second-order valence-electron chi connectivity index (χ2n) is 4.98. The largest absolute Gasteiger partial charge is 0.330 e. The molecule has 7 nitrogen and oxygen atoms in total. The van der Waals surface area contributed by atoms with Crippen molar-refractivity contribution >= 4 is 21.6 Å². The number of thiophene rings is 1. The summed E-state index contributed by atoms with van der Waals surface area (Å²) in [6, 6.07) is 1.94. The molecule has 0 unspecified atom stereocenters. The van der Waals surface area contributed by atoms with Gasteiger partial charge in [-0.15, -0.1) is 11.3 Å². The van der Waals surface area contributed by atoms with Crippen molar-refractivity contribution < 1.29 is 0 Å². The summed E-state index contributed by atoms with van der Waals surface area (Å²) >= 11 is 1.43. The van der Waals surface area contributed by atoms with Crippen molar-refractivity contribution in [2.24, 2.45) is 0 Å². The number of H-pyrrole nitrogens is 2. The van der Waals surface area contributed by atoms with Crippen molar-refractivity contribution in [3.8, 4) is 10.4 Å². The van der Waals surface area contributed by atoms with Crippen LogP contribution in [0.2, 0.25) is 0 Å². The number of aryl methyl sites for hydroxylation is 1. The van der Waals surface area contributed by atoms with Crippen LogP contribution >= 0.6 is 11.3 Å². The van der Waals surface area contributed by atoms with Crippen LogP contribution in [-0.2, 0) is 6.54 Å². The fourth-order valence-corrected chi connectivity index (χ4v) is 3.41. The summed E-state index contributed by atoms with van der Waals surface area (Å²) in [4.78, 5) is 24.6. The van der Waals surface area contributed by atoms with Crippen LogP contribution in [0.15, 0.2) is 35.8 Å². The molecule has 0 aliphatic heterocycles. The molecule has 22 heavy (non-hydrogen) atoms. The summed E-state index contributed by atoms with van der Waals surface area (Å²) < 4.78 is 2.49. The van der Waals surface area contributed by atoms with E-state index < -0.39 is 0 Å². The van der Waals surface area contributed by atoms with E-state index in [1.807, 2.05) is 23.8 Å². The van der Waals surface area contributed by atoms with Gasteiger partial charge in [0.1, 0.15) is 10.5 Å². The van der Waals surface area contributed by atoms with Crippen LogP contribution in [0.1, 0.15) is 11.5 Å². The molecule has 0 atom stereocenters. The van der Waals surface area contributed by atoms with E-state index in [0.717, 1.165) is 16.1 Å². The maximum Gasteiger partial charge on any atom is 0.268 e. The highest BCUT2D eigenvalue weighted by molar-refractivity contribution is 7.22. The summed E-state index contributed by atoms with van der Waals surface area (Å²) in [7, 11) is 0. The Morgan fingerprint density at radius 2 is 2.32 bits per heavy atom. The monoisotopic (exact) mass is 312 g/mol. The number of imidazole rings is 1. The molecule has 0 spiro atoms. The highest BCUT2D eigenvalue weighted by atomic mass is 32.1. The molecule has 2 N–H and O–H groups in total. The topological polar surface area (TPSA) is 92.2 Å². The predicted octanol–water partition coefficient (Wildman–Crippen LogP) is 1.93. The normalized spacial score (nSPS) is 11.3. The van der Waals surface area contributed by atoms with Crippen LogP contribution < -0.4 is 5.56 Å². The van der Waals surface area contributed by atoms with Crippen LogP contribution in [0.5, 0.6) is 0 Å². The first kappa shape index (κ1) is 13.0. The molecule has 4 aromatic rings. The zero-order valence-electron chi connectivity index (χ0n) is 11.7. The number of fused-ring (bicyclic) bond motifs is 1. The van der Waals surface area contributed by atoms with E-state index in [1.54, 1.807) is 18.7 Å². The maximum atomic E-state index is 12.3. The fraction of sp³-hybridized carbons (Fsp3) is 0.143. The molecule has 0 saturated carbocycles. The lowest BCUT2D eigenvalue weighted by atomic mass is 10.2. The van der Waals surface area contributed by atoms with E-state index >= 15 is 0 Å². The highest BCUT2D eigenvalue weighted by Crippen LogP contribution is 2.31. The molecule has 0 saturated heterocycles. The van der Waals surface area contributed by atoms with Gasteiger partial charge in [-0.3, -0.25) is 9.89 Å². The number of aromatic nitrogens is 6. The van der Waals surface area contributed by atoms with Gasteiger partial charge in [-0.05, 0) is 13.0 Å². The number of aromatic amines is 2. The molecule has 0 bridgehead atoms. The lowest BCUT2D eigenvalue weighted by Gasteiger charge is -2.01. The second kappa shape index (κ2) is 4.92. The summed E-state index contributed by atoms with van der Waals surface area (Å²) in [6.07, 6.45) is 6.98. The Balaban J connectivity index is 1.81. The molecule has 0 aliphatic rings. The van der Waals surface area contributed by atoms with Crippen molar-refractivity contribution in [1.82, 2.24) is 29.7 Å². The highest BCUT2D eigenvalue weighted by Gasteiger charge is 2.12. The molecular formula is C14H12N6OS. The van der Waals surface area contributed by atoms with Gasteiger partial charge in [-0.2, -0.15) is 5.10 Å². The standard InChI is InChI=1S/C14H12N6OS/c1-8-9(5-16-19-8)11-4-10-13(22-11)14(21)18-12(17-10)6-20-3-2-15-7-20/h2-5,7H,6H2,1H3,(H,16,19)(H,17,18,21). The first-order valence-electron chi connectivity index (χ1n) is 6.69. The van der Waals surface area contributed by atoms with Crippen molar-refractivity contribution in [1.29, 1.82) is 0 Å². The van der Waals surface area contributed by atoms with E-state index in [-0.39, 0.29) is 5.56 Å². The molecule has 0 fully saturated rings. The van der Waals surface area contributed by atoms with Gasteiger partial charge in [0.15, 0.2) is 0 Å². The van der Waals surface area contributed by atoms with E-state index in [9.17, 15) is 4.79 Å². The van der Waals surface area contributed by atoms with Crippen LogP contribution in [0.25, 0.3) is 20.7 Å². The number of rotatable bonds is 3. The minimum atomic E-state index is -0.113. The first-order valence-corrected chi connectivity index (χ1v) is 7.51. The van der Waals surface area contributed by atoms with E-state index in [4.69, 9.17) is 0 Å². The second-order valence-corrected chi connectivity index (χ2v) is 6.03. The third-order valence-corrected chi connectivity index (χ3v) is 4.58. The summed E-state index contributed by atoms with van der Waals surface area (Å²) in [5.41, 5.74) is 2.57. The Kier molecular flexibility index (Phi) is 2.90. The van der Waals surface area contributed by atoms with Crippen LogP contribution in [0.3, 0.4) is 0 Å². The molecule has 0 aliphatic carbocycles. The van der Waals surface area contributed by atoms with Gasteiger partial charge < -0.3 is 9.55 Å². The molecule has 0 aromatic carbocycles. The zero-order chi connectivity index (χ0) is 15.1. The summed E-state index contributed by atoms with van der Waals surface area (Å²) in [5, 5.41) is 6.93. The number of hydrogen-bond donors (Lipinski definition) is 2. The smallest absolute Gasteiger partial charge is 0.268 e. The predicted molar refractivity (Wildman–Crippen MR) is 83.9 cm³/mol. The average Bonchev–Trinajstić information content (AvgIpc) is 3.18. The Morgan fingerprint density at radius 3 is 3.05 bits per heavy atom. The molecule has 0 amide bonds. The van der Waals surface area contributed by atoms with E-state index in [1.165, 1.54) is 11.3 Å². The Morgan fingerprint density at radius 1 is 1.41 bits per heavy atom. The van der Waals surface area contributed by atoms with Crippen molar-refractivity contribution in [3.05, 3.63) is 52.9 Å². The van der Waals surface area contributed by atoms with Gasteiger partial charge >= 0.3 is 0 Å². The molecule has 0 radical (unpaired) electrons. The average molecular weight is 312 g/mol. The molecule has 110 valence electrons. The van der Waals surface area contributed by atoms with Gasteiger partial charge in [-0.25, -0.2) is 9.97 Å². The van der Waals surface area contributed by atoms with Gasteiger partial charge in [-0.1, -0.05) is 0 Å².